The summed E-state index contributed by atoms with van der Waals surface area (Å²) in [6.07, 6.45) is 6.87. The highest BCUT2D eigenvalue weighted by molar-refractivity contribution is 6.02. The van der Waals surface area contributed by atoms with Gasteiger partial charge in [-0.3, -0.25) is 4.99 Å². The molecular formula is C18H26N2O. The molecule has 3 heteroatoms. The van der Waals surface area contributed by atoms with E-state index in [2.05, 4.69) is 43.7 Å². The standard InChI is InChI=1S/C18H26N2O/c1-12-7-10-19-13(2)16-14(12)8-11-20-17(16)21-15-6-5-9-18(15,3)4/h8,11-12,15H,5-7,9-10H2,1-4H3. The molecule has 0 N–H and O–H groups in total. The second-order valence-corrected chi connectivity index (χ2v) is 7.22. The number of nitrogens with zero attached hydrogens (tertiary/aromatic N) is 2. The van der Waals surface area contributed by atoms with Crippen molar-refractivity contribution < 1.29 is 4.74 Å². The molecule has 0 radical (unpaired) electrons. The third-order valence-electron chi connectivity index (χ3n) is 5.17. The van der Waals surface area contributed by atoms with Crippen LogP contribution in [0.3, 0.4) is 0 Å². The summed E-state index contributed by atoms with van der Waals surface area (Å²) in [7, 11) is 0. The minimum atomic E-state index is 0.242. The number of pyridine rings is 1. The quantitative estimate of drug-likeness (QED) is 0.809. The van der Waals surface area contributed by atoms with Crippen LogP contribution in [0, 0.1) is 5.41 Å². The van der Waals surface area contributed by atoms with Crippen LogP contribution in [0.1, 0.15) is 70.4 Å². The molecule has 3 rings (SSSR count). The van der Waals surface area contributed by atoms with E-state index in [9.17, 15) is 0 Å². The number of ether oxygens (including phenoxy) is 1. The fourth-order valence-electron chi connectivity index (χ4n) is 3.63. The number of hydrogen-bond acceptors (Lipinski definition) is 3. The van der Waals surface area contributed by atoms with Gasteiger partial charge < -0.3 is 4.74 Å². The van der Waals surface area contributed by atoms with Gasteiger partial charge >= 0.3 is 0 Å². The SMILES string of the molecule is CC1=NCCC(C)c2ccnc(OC3CCCC3(C)C)c21. The Kier molecular flexibility index (Phi) is 3.76. The number of fused-ring (bicyclic) bond motifs is 1. The van der Waals surface area contributed by atoms with Crippen LogP contribution in [0.4, 0.5) is 0 Å². The van der Waals surface area contributed by atoms with Gasteiger partial charge in [0.15, 0.2) is 0 Å². The number of rotatable bonds is 2. The summed E-state index contributed by atoms with van der Waals surface area (Å²) in [4.78, 5) is 9.23. The van der Waals surface area contributed by atoms with Gasteiger partial charge in [0.05, 0.1) is 5.56 Å². The molecule has 114 valence electrons. The molecule has 1 fully saturated rings. The van der Waals surface area contributed by atoms with Crippen LogP contribution in [0.5, 0.6) is 5.88 Å². The fourth-order valence-corrected chi connectivity index (χ4v) is 3.63. The third kappa shape index (κ3) is 2.70. The summed E-state index contributed by atoms with van der Waals surface area (Å²) in [5.41, 5.74) is 3.80. The Morgan fingerprint density at radius 2 is 2.10 bits per heavy atom. The minimum absolute atomic E-state index is 0.242. The highest BCUT2D eigenvalue weighted by Gasteiger charge is 2.37. The predicted octanol–water partition coefficient (Wildman–Crippen LogP) is 4.36. The van der Waals surface area contributed by atoms with Crippen LogP contribution in [0.15, 0.2) is 17.3 Å². The first kappa shape index (κ1) is 14.6. The van der Waals surface area contributed by atoms with Crippen LogP contribution in [0.2, 0.25) is 0 Å². The van der Waals surface area contributed by atoms with Crippen molar-refractivity contribution in [2.75, 3.05) is 6.54 Å². The molecule has 0 amide bonds. The van der Waals surface area contributed by atoms with E-state index in [1.807, 2.05) is 6.20 Å². The maximum Gasteiger partial charge on any atom is 0.223 e. The van der Waals surface area contributed by atoms with Crippen molar-refractivity contribution in [3.8, 4) is 5.88 Å². The topological polar surface area (TPSA) is 34.5 Å². The second-order valence-electron chi connectivity index (χ2n) is 7.22. The molecule has 0 spiro atoms. The van der Waals surface area contributed by atoms with Gasteiger partial charge in [0, 0.05) is 23.9 Å². The van der Waals surface area contributed by atoms with Crippen molar-refractivity contribution in [1.82, 2.24) is 4.98 Å². The lowest BCUT2D eigenvalue weighted by molar-refractivity contribution is 0.0980. The molecule has 2 atom stereocenters. The summed E-state index contributed by atoms with van der Waals surface area (Å²) in [6.45, 7) is 9.86. The Labute approximate surface area is 127 Å². The highest BCUT2D eigenvalue weighted by atomic mass is 16.5. The molecular weight excluding hydrogens is 260 g/mol. The Balaban J connectivity index is 1.98. The molecule has 2 heterocycles. The van der Waals surface area contributed by atoms with Gasteiger partial charge in [-0.2, -0.15) is 0 Å². The number of aliphatic imine (C=N–C) groups is 1. The molecule has 21 heavy (non-hydrogen) atoms. The van der Waals surface area contributed by atoms with Crippen molar-refractivity contribution in [3.05, 3.63) is 23.4 Å². The molecule has 2 aliphatic rings. The van der Waals surface area contributed by atoms with E-state index in [4.69, 9.17) is 4.74 Å². The highest BCUT2D eigenvalue weighted by Crippen LogP contribution is 2.41. The molecule has 1 aliphatic carbocycles. The maximum absolute atomic E-state index is 6.37. The van der Waals surface area contributed by atoms with Crippen molar-refractivity contribution in [1.29, 1.82) is 0 Å². The second kappa shape index (κ2) is 5.43. The number of hydrogen-bond donors (Lipinski definition) is 0. The van der Waals surface area contributed by atoms with Gasteiger partial charge in [0.2, 0.25) is 5.88 Å². The molecule has 0 bridgehead atoms. The normalized spacial score (nSPS) is 27.7. The smallest absolute Gasteiger partial charge is 0.223 e. The first-order chi connectivity index (χ1) is 9.99. The van der Waals surface area contributed by atoms with E-state index < -0.39 is 0 Å². The Morgan fingerprint density at radius 3 is 2.81 bits per heavy atom. The van der Waals surface area contributed by atoms with Crippen molar-refractivity contribution in [2.45, 2.75) is 65.4 Å². The molecule has 2 unspecified atom stereocenters. The van der Waals surface area contributed by atoms with Crippen LogP contribution in [0.25, 0.3) is 0 Å². The van der Waals surface area contributed by atoms with Crippen molar-refractivity contribution in [3.63, 3.8) is 0 Å². The van der Waals surface area contributed by atoms with Gasteiger partial charge in [0.1, 0.15) is 6.10 Å². The van der Waals surface area contributed by atoms with Crippen LogP contribution >= 0.6 is 0 Å². The fraction of sp³-hybridized carbons (Fsp3) is 0.667. The molecule has 1 aliphatic heterocycles. The van der Waals surface area contributed by atoms with Crippen LogP contribution in [-0.4, -0.2) is 23.3 Å². The van der Waals surface area contributed by atoms with E-state index in [1.165, 1.54) is 18.4 Å². The molecule has 0 aromatic carbocycles. The summed E-state index contributed by atoms with van der Waals surface area (Å²) >= 11 is 0. The third-order valence-corrected chi connectivity index (χ3v) is 5.17. The van der Waals surface area contributed by atoms with Crippen molar-refractivity contribution >= 4 is 5.71 Å². The van der Waals surface area contributed by atoms with Gasteiger partial charge in [-0.1, -0.05) is 20.8 Å². The molecule has 1 aromatic heterocycles. The van der Waals surface area contributed by atoms with Crippen molar-refractivity contribution in [2.24, 2.45) is 10.4 Å². The minimum Gasteiger partial charge on any atom is -0.473 e. The van der Waals surface area contributed by atoms with E-state index in [0.717, 1.165) is 36.5 Å². The predicted molar refractivity (Wildman–Crippen MR) is 86.4 cm³/mol. The Morgan fingerprint density at radius 1 is 1.29 bits per heavy atom. The maximum atomic E-state index is 6.37. The monoisotopic (exact) mass is 286 g/mol. The Hall–Kier alpha value is -1.38. The lowest BCUT2D eigenvalue weighted by Crippen LogP contribution is -2.30. The summed E-state index contributed by atoms with van der Waals surface area (Å²) in [5.74, 6) is 1.31. The van der Waals surface area contributed by atoms with E-state index in [-0.39, 0.29) is 11.5 Å². The molecule has 1 aromatic rings. The lowest BCUT2D eigenvalue weighted by atomic mass is 9.89. The zero-order valence-corrected chi connectivity index (χ0v) is 13.6. The van der Waals surface area contributed by atoms with E-state index >= 15 is 0 Å². The van der Waals surface area contributed by atoms with Gasteiger partial charge in [0.25, 0.3) is 0 Å². The van der Waals surface area contributed by atoms with E-state index in [0.29, 0.717) is 5.92 Å². The van der Waals surface area contributed by atoms with E-state index in [1.54, 1.807) is 0 Å². The average Bonchev–Trinajstić information content (AvgIpc) is 2.69. The van der Waals surface area contributed by atoms with Crippen LogP contribution < -0.4 is 4.74 Å². The molecule has 1 saturated carbocycles. The summed E-state index contributed by atoms with van der Waals surface area (Å²) in [5, 5.41) is 0. The van der Waals surface area contributed by atoms with Gasteiger partial charge in [-0.05, 0) is 50.2 Å². The zero-order chi connectivity index (χ0) is 15.0. The lowest BCUT2D eigenvalue weighted by Gasteiger charge is -2.28. The Bertz CT molecular complexity index is 562. The van der Waals surface area contributed by atoms with Crippen LogP contribution in [-0.2, 0) is 0 Å². The number of aromatic nitrogens is 1. The summed E-state index contributed by atoms with van der Waals surface area (Å²) < 4.78 is 6.37. The average molecular weight is 286 g/mol. The summed E-state index contributed by atoms with van der Waals surface area (Å²) in [6, 6.07) is 2.14. The first-order valence-corrected chi connectivity index (χ1v) is 8.16. The van der Waals surface area contributed by atoms with Gasteiger partial charge in [-0.25, -0.2) is 4.98 Å². The molecule has 0 saturated heterocycles. The molecule has 3 nitrogen and oxygen atoms in total. The first-order valence-electron chi connectivity index (χ1n) is 8.16. The zero-order valence-electron chi connectivity index (χ0n) is 13.6. The largest absolute Gasteiger partial charge is 0.473 e. The van der Waals surface area contributed by atoms with Gasteiger partial charge in [-0.15, -0.1) is 0 Å².